The SMILES string of the molecule is COc1ccc(S(=O)(=O)N2CCN(CC(O)COc3ccc(F)cc3)CC2)cc1OC. The third-order valence-corrected chi connectivity index (χ3v) is 6.94. The van der Waals surface area contributed by atoms with Crippen LogP contribution in [-0.2, 0) is 10.0 Å². The van der Waals surface area contributed by atoms with Gasteiger partial charge in [-0.2, -0.15) is 4.31 Å². The highest BCUT2D eigenvalue weighted by atomic mass is 32.2. The summed E-state index contributed by atoms with van der Waals surface area (Å²) < 4.78 is 56.1. The summed E-state index contributed by atoms with van der Waals surface area (Å²) in [4.78, 5) is 2.13. The van der Waals surface area contributed by atoms with Gasteiger partial charge in [0.15, 0.2) is 11.5 Å². The number of hydrogen-bond donors (Lipinski definition) is 1. The molecule has 0 saturated carbocycles. The lowest BCUT2D eigenvalue weighted by molar-refractivity contribution is 0.0569. The second-order valence-corrected chi connectivity index (χ2v) is 9.08. The van der Waals surface area contributed by atoms with Gasteiger partial charge in [0.25, 0.3) is 0 Å². The molecule has 1 aliphatic rings. The molecule has 3 rings (SSSR count). The number of halogens is 1. The molecule has 8 nitrogen and oxygen atoms in total. The van der Waals surface area contributed by atoms with Crippen molar-refractivity contribution in [2.24, 2.45) is 0 Å². The van der Waals surface area contributed by atoms with Crippen molar-refractivity contribution in [3.63, 3.8) is 0 Å². The Labute approximate surface area is 181 Å². The lowest BCUT2D eigenvalue weighted by atomic mass is 10.3. The minimum Gasteiger partial charge on any atom is -0.493 e. The number of aliphatic hydroxyl groups is 1. The molecule has 1 fully saturated rings. The van der Waals surface area contributed by atoms with Crippen molar-refractivity contribution < 1.29 is 32.1 Å². The van der Waals surface area contributed by atoms with E-state index in [1.54, 1.807) is 6.07 Å². The van der Waals surface area contributed by atoms with E-state index in [0.717, 1.165) is 0 Å². The van der Waals surface area contributed by atoms with Crippen LogP contribution in [0.4, 0.5) is 4.39 Å². The molecule has 1 heterocycles. The highest BCUT2D eigenvalue weighted by molar-refractivity contribution is 7.89. The molecule has 1 saturated heterocycles. The first kappa shape index (κ1) is 23.3. The van der Waals surface area contributed by atoms with Gasteiger partial charge in [-0.3, -0.25) is 4.90 Å². The van der Waals surface area contributed by atoms with Crippen LogP contribution in [0.1, 0.15) is 0 Å². The van der Waals surface area contributed by atoms with Gasteiger partial charge >= 0.3 is 0 Å². The van der Waals surface area contributed by atoms with Gasteiger partial charge in [-0.1, -0.05) is 0 Å². The summed E-state index contributed by atoms with van der Waals surface area (Å²) in [5, 5.41) is 10.2. The number of rotatable bonds is 9. The van der Waals surface area contributed by atoms with Gasteiger partial charge in [-0.25, -0.2) is 12.8 Å². The molecule has 2 aromatic carbocycles. The Balaban J connectivity index is 1.52. The summed E-state index contributed by atoms with van der Waals surface area (Å²) in [7, 11) is -0.721. The smallest absolute Gasteiger partial charge is 0.243 e. The average molecular weight is 455 g/mol. The van der Waals surface area contributed by atoms with Crippen LogP contribution in [0.25, 0.3) is 0 Å². The highest BCUT2D eigenvalue weighted by Crippen LogP contribution is 2.30. The van der Waals surface area contributed by atoms with Crippen molar-refractivity contribution >= 4 is 10.0 Å². The molecule has 0 bridgehead atoms. The molecule has 1 aliphatic heterocycles. The van der Waals surface area contributed by atoms with E-state index in [4.69, 9.17) is 14.2 Å². The van der Waals surface area contributed by atoms with Crippen molar-refractivity contribution in [3.05, 3.63) is 48.3 Å². The molecule has 0 spiro atoms. The summed E-state index contributed by atoms with van der Waals surface area (Å²) in [6.45, 7) is 2.01. The van der Waals surface area contributed by atoms with Crippen molar-refractivity contribution in [2.45, 2.75) is 11.0 Å². The fourth-order valence-corrected chi connectivity index (χ4v) is 4.79. The van der Waals surface area contributed by atoms with Crippen molar-refractivity contribution in [2.75, 3.05) is 53.6 Å². The Hall–Kier alpha value is -2.40. The minimum absolute atomic E-state index is 0.0653. The molecule has 31 heavy (non-hydrogen) atoms. The molecular formula is C21H27FN2O6S. The van der Waals surface area contributed by atoms with E-state index in [9.17, 15) is 17.9 Å². The number of hydrogen-bond acceptors (Lipinski definition) is 7. The fraction of sp³-hybridized carbons (Fsp3) is 0.429. The second-order valence-electron chi connectivity index (χ2n) is 7.14. The average Bonchev–Trinajstić information content (AvgIpc) is 2.78. The van der Waals surface area contributed by atoms with Crippen molar-refractivity contribution in [1.82, 2.24) is 9.21 Å². The first-order chi connectivity index (χ1) is 14.8. The van der Waals surface area contributed by atoms with Crippen LogP contribution in [0.2, 0.25) is 0 Å². The normalized spacial score (nSPS) is 16.6. The summed E-state index contributed by atoms with van der Waals surface area (Å²) in [6.07, 6.45) is -0.751. The van der Waals surface area contributed by atoms with Crippen LogP contribution in [-0.4, -0.2) is 82.4 Å². The molecule has 1 unspecified atom stereocenters. The number of β-amino-alcohol motifs (C(OH)–C–C–N with tert-alkyl or cyclic N) is 1. The number of ether oxygens (including phenoxy) is 3. The Morgan fingerprint density at radius 2 is 1.65 bits per heavy atom. The molecule has 0 radical (unpaired) electrons. The van der Waals surface area contributed by atoms with Crippen LogP contribution in [0, 0.1) is 5.82 Å². The van der Waals surface area contributed by atoms with Crippen molar-refractivity contribution in [3.8, 4) is 17.2 Å². The molecule has 170 valence electrons. The lowest BCUT2D eigenvalue weighted by Crippen LogP contribution is -2.50. The summed E-state index contributed by atoms with van der Waals surface area (Å²) in [5.41, 5.74) is 0. The highest BCUT2D eigenvalue weighted by Gasteiger charge is 2.30. The third-order valence-electron chi connectivity index (χ3n) is 5.05. The van der Waals surface area contributed by atoms with E-state index < -0.39 is 16.1 Å². The maximum Gasteiger partial charge on any atom is 0.243 e. The maximum absolute atomic E-state index is 13.0. The molecule has 0 aliphatic carbocycles. The molecule has 1 atom stereocenters. The van der Waals surface area contributed by atoms with Crippen LogP contribution in [0.15, 0.2) is 47.4 Å². The lowest BCUT2D eigenvalue weighted by Gasteiger charge is -2.34. The summed E-state index contributed by atoms with van der Waals surface area (Å²) in [5.74, 6) is 0.940. The van der Waals surface area contributed by atoms with Gasteiger partial charge in [-0.15, -0.1) is 0 Å². The second kappa shape index (κ2) is 10.3. The predicted octanol–water partition coefficient (Wildman–Crippen LogP) is 1.59. The Morgan fingerprint density at radius 3 is 2.26 bits per heavy atom. The zero-order valence-electron chi connectivity index (χ0n) is 17.5. The molecular weight excluding hydrogens is 427 g/mol. The van der Waals surface area contributed by atoms with E-state index in [0.29, 0.717) is 50.0 Å². The monoisotopic (exact) mass is 454 g/mol. The summed E-state index contributed by atoms with van der Waals surface area (Å²) in [6, 6.07) is 10.1. The van der Waals surface area contributed by atoms with Gasteiger partial charge in [0.2, 0.25) is 10.0 Å². The van der Waals surface area contributed by atoms with E-state index in [1.165, 1.54) is 54.9 Å². The van der Waals surface area contributed by atoms with Crippen LogP contribution in [0.5, 0.6) is 17.2 Å². The van der Waals surface area contributed by atoms with Gasteiger partial charge < -0.3 is 19.3 Å². The van der Waals surface area contributed by atoms with E-state index in [-0.39, 0.29) is 17.3 Å². The standard InChI is InChI=1S/C21H27FN2O6S/c1-28-20-8-7-19(13-21(20)29-2)31(26,27)24-11-9-23(10-12-24)14-17(25)15-30-18-5-3-16(22)4-6-18/h3-8,13,17,25H,9-12,14-15H2,1-2H3. The number of methoxy groups -OCH3 is 2. The Morgan fingerprint density at radius 1 is 1.00 bits per heavy atom. The van der Waals surface area contributed by atoms with E-state index in [2.05, 4.69) is 0 Å². The van der Waals surface area contributed by atoms with Gasteiger partial charge in [-0.05, 0) is 36.4 Å². The quantitative estimate of drug-likeness (QED) is 0.616. The van der Waals surface area contributed by atoms with Crippen molar-refractivity contribution in [1.29, 1.82) is 0 Å². The number of aliphatic hydroxyl groups excluding tert-OH is 1. The number of benzene rings is 2. The van der Waals surface area contributed by atoms with Crippen LogP contribution < -0.4 is 14.2 Å². The molecule has 10 heteroatoms. The van der Waals surface area contributed by atoms with E-state index >= 15 is 0 Å². The topological polar surface area (TPSA) is 88.5 Å². The van der Waals surface area contributed by atoms with Crippen LogP contribution >= 0.6 is 0 Å². The fourth-order valence-electron chi connectivity index (χ4n) is 3.35. The first-order valence-corrected chi connectivity index (χ1v) is 11.3. The number of nitrogens with zero attached hydrogens (tertiary/aromatic N) is 2. The van der Waals surface area contributed by atoms with Gasteiger partial charge in [0.1, 0.15) is 24.3 Å². The summed E-state index contributed by atoms with van der Waals surface area (Å²) >= 11 is 0. The van der Waals surface area contributed by atoms with Crippen LogP contribution in [0.3, 0.4) is 0 Å². The zero-order chi connectivity index (χ0) is 22.4. The third kappa shape index (κ3) is 5.85. The Kier molecular flexibility index (Phi) is 7.71. The van der Waals surface area contributed by atoms with Gasteiger partial charge in [0, 0.05) is 38.8 Å². The number of sulfonamides is 1. The van der Waals surface area contributed by atoms with Gasteiger partial charge in [0.05, 0.1) is 19.1 Å². The zero-order valence-corrected chi connectivity index (χ0v) is 18.3. The molecule has 0 aromatic heterocycles. The minimum atomic E-state index is -3.67. The largest absolute Gasteiger partial charge is 0.493 e. The van der Waals surface area contributed by atoms with E-state index in [1.807, 2.05) is 4.90 Å². The number of piperazine rings is 1. The molecule has 0 amide bonds. The molecule has 1 N–H and O–H groups in total. The Bertz CT molecular complexity index is 962. The molecule has 2 aromatic rings. The first-order valence-electron chi connectivity index (χ1n) is 9.84. The maximum atomic E-state index is 13.0. The predicted molar refractivity (Wildman–Crippen MR) is 113 cm³/mol.